The van der Waals surface area contributed by atoms with Crippen molar-refractivity contribution in [2.75, 3.05) is 14.0 Å². The Bertz CT molecular complexity index is 1320. The van der Waals surface area contributed by atoms with Gasteiger partial charge in [0.25, 0.3) is 25.2 Å². The number of para-hydroxylation sites is 3. The van der Waals surface area contributed by atoms with Crippen molar-refractivity contribution >= 4 is 60.1 Å². The first kappa shape index (κ1) is 24.2. The van der Waals surface area contributed by atoms with E-state index in [9.17, 15) is 0 Å². The molecule has 1 fully saturated rings. The maximum Gasteiger partial charge on any atom is 0.292 e. The molecule has 3 aromatic rings. The Morgan fingerprint density at radius 1 is 0.385 bits per heavy atom. The molecule has 198 valence electrons. The molecule has 0 aromatic heterocycles. The SMILES string of the molecule is C[Si]1(C)N2C(=NN1c1ccccc1)N1C(=NN(c3ccccc3)[Si]1(C)C)N1C2=NN(c2ccccc2)[Si]1(C)C. The molecule has 0 amide bonds. The van der Waals surface area contributed by atoms with Gasteiger partial charge in [-0.3, -0.25) is 27.7 Å². The summed E-state index contributed by atoms with van der Waals surface area (Å²) in [4.78, 5) is 0. The van der Waals surface area contributed by atoms with E-state index < -0.39 is 25.2 Å². The lowest BCUT2D eigenvalue weighted by molar-refractivity contribution is 0.625. The van der Waals surface area contributed by atoms with Crippen molar-refractivity contribution < 1.29 is 0 Å². The lowest BCUT2D eigenvalue weighted by Gasteiger charge is -2.49. The zero-order chi connectivity index (χ0) is 27.2. The van der Waals surface area contributed by atoms with Crippen LogP contribution in [0.15, 0.2) is 106 Å². The van der Waals surface area contributed by atoms with Crippen LogP contribution in [0.1, 0.15) is 0 Å². The molecule has 0 bridgehead atoms. The smallest absolute Gasteiger partial charge is 0.288 e. The van der Waals surface area contributed by atoms with Crippen LogP contribution in [0.3, 0.4) is 0 Å². The molecule has 9 nitrogen and oxygen atoms in total. The highest BCUT2D eigenvalue weighted by Crippen LogP contribution is 2.44. The van der Waals surface area contributed by atoms with Crippen molar-refractivity contribution in [2.24, 2.45) is 15.3 Å². The summed E-state index contributed by atoms with van der Waals surface area (Å²) in [6.07, 6.45) is 0. The molecule has 4 aliphatic heterocycles. The van der Waals surface area contributed by atoms with Gasteiger partial charge >= 0.3 is 0 Å². The first-order valence-corrected chi connectivity index (χ1v) is 22.0. The Morgan fingerprint density at radius 3 is 0.846 bits per heavy atom. The number of benzene rings is 3. The summed E-state index contributed by atoms with van der Waals surface area (Å²) in [5, 5.41) is 16.2. The minimum atomic E-state index is -2.38. The van der Waals surface area contributed by atoms with Crippen LogP contribution >= 0.6 is 0 Å². The van der Waals surface area contributed by atoms with Crippen LogP contribution in [-0.2, 0) is 0 Å². The monoisotopic (exact) mass is 567 g/mol. The third-order valence-corrected chi connectivity index (χ3v) is 16.6. The van der Waals surface area contributed by atoms with Gasteiger partial charge in [-0.25, -0.2) is 0 Å². The number of hydrogen-bond acceptors (Lipinski definition) is 9. The summed E-state index contributed by atoms with van der Waals surface area (Å²) in [6.45, 7) is 14.2. The number of nitrogens with zero attached hydrogens (tertiary/aromatic N) is 9. The fourth-order valence-corrected chi connectivity index (χ4v) is 14.1. The van der Waals surface area contributed by atoms with E-state index in [0.29, 0.717) is 0 Å². The predicted octanol–water partition coefficient (Wildman–Crippen LogP) is 5.39. The first-order valence-electron chi connectivity index (χ1n) is 13.4. The molecule has 0 aliphatic carbocycles. The molecule has 39 heavy (non-hydrogen) atoms. The highest BCUT2D eigenvalue weighted by molar-refractivity contribution is 6.92. The Balaban J connectivity index is 1.46. The number of hydrogen-bond donors (Lipinski definition) is 0. The van der Waals surface area contributed by atoms with Crippen LogP contribution in [0.2, 0.25) is 39.3 Å². The van der Waals surface area contributed by atoms with E-state index in [-0.39, 0.29) is 0 Å². The highest BCUT2D eigenvalue weighted by atomic mass is 28.4. The Hall–Kier alpha value is -3.88. The van der Waals surface area contributed by atoms with E-state index in [1.54, 1.807) is 0 Å². The zero-order valence-electron chi connectivity index (χ0n) is 23.2. The minimum absolute atomic E-state index is 0.944. The second-order valence-electron chi connectivity index (χ2n) is 11.6. The highest BCUT2D eigenvalue weighted by Gasteiger charge is 2.66. The number of hydrazone groups is 3. The number of guanidine groups is 3. The average Bonchev–Trinajstić information content (AvgIpc) is 3.48. The van der Waals surface area contributed by atoms with Crippen molar-refractivity contribution in [1.29, 1.82) is 0 Å². The van der Waals surface area contributed by atoms with Crippen LogP contribution in [0, 0.1) is 0 Å². The van der Waals surface area contributed by atoms with Crippen molar-refractivity contribution in [3.05, 3.63) is 91.0 Å². The predicted molar refractivity (Wildman–Crippen MR) is 167 cm³/mol. The van der Waals surface area contributed by atoms with E-state index in [4.69, 9.17) is 15.3 Å². The third kappa shape index (κ3) is 3.25. The third-order valence-electron chi connectivity index (χ3n) is 7.97. The van der Waals surface area contributed by atoms with Gasteiger partial charge in [-0.2, -0.15) is 0 Å². The molecule has 7 rings (SSSR count). The van der Waals surface area contributed by atoms with Gasteiger partial charge in [-0.1, -0.05) is 54.6 Å². The molecule has 0 saturated carbocycles. The Morgan fingerprint density at radius 2 is 0.615 bits per heavy atom. The van der Waals surface area contributed by atoms with E-state index in [1.807, 2.05) is 0 Å². The average molecular weight is 568 g/mol. The number of fused-ring (bicyclic) bond motifs is 6. The number of rotatable bonds is 3. The normalized spacial score (nSPS) is 21.8. The molecule has 0 atom stereocenters. The first-order chi connectivity index (χ1) is 18.6. The van der Waals surface area contributed by atoms with Crippen molar-refractivity contribution in [3.8, 4) is 0 Å². The van der Waals surface area contributed by atoms with Crippen LogP contribution < -0.4 is 14.0 Å². The van der Waals surface area contributed by atoms with Gasteiger partial charge in [-0.05, 0) is 75.7 Å². The van der Waals surface area contributed by atoms with Gasteiger partial charge in [-0.15, -0.1) is 15.3 Å². The van der Waals surface area contributed by atoms with Crippen LogP contribution in [0.25, 0.3) is 0 Å². The van der Waals surface area contributed by atoms with E-state index in [2.05, 4.69) is 158 Å². The lowest BCUT2D eigenvalue weighted by Crippen LogP contribution is -2.77. The van der Waals surface area contributed by atoms with Crippen molar-refractivity contribution in [1.82, 2.24) is 13.7 Å². The second-order valence-corrected chi connectivity index (χ2v) is 23.2. The topological polar surface area (TPSA) is 56.5 Å². The summed E-state index contributed by atoms with van der Waals surface area (Å²) in [6, 6.07) is 31.6. The molecular formula is C27H33N9Si3. The molecule has 4 heterocycles. The van der Waals surface area contributed by atoms with E-state index in [0.717, 1.165) is 34.9 Å². The van der Waals surface area contributed by atoms with Gasteiger partial charge in [0, 0.05) is 0 Å². The van der Waals surface area contributed by atoms with Gasteiger partial charge in [0.1, 0.15) is 0 Å². The van der Waals surface area contributed by atoms with Gasteiger partial charge in [0.05, 0.1) is 17.1 Å². The molecule has 4 aliphatic rings. The van der Waals surface area contributed by atoms with E-state index in [1.165, 1.54) is 0 Å². The van der Waals surface area contributed by atoms with Crippen molar-refractivity contribution in [3.63, 3.8) is 0 Å². The summed E-state index contributed by atoms with van der Waals surface area (Å²) in [7, 11) is -7.15. The van der Waals surface area contributed by atoms with Crippen LogP contribution in [-0.4, -0.2) is 56.8 Å². The molecular weight excluding hydrogens is 535 g/mol. The fraction of sp³-hybridized carbons (Fsp3) is 0.222. The fourth-order valence-electron chi connectivity index (χ4n) is 6.05. The molecule has 0 spiro atoms. The summed E-state index contributed by atoms with van der Waals surface area (Å²) < 4.78 is 14.2. The molecule has 3 aromatic carbocycles. The maximum absolute atomic E-state index is 5.39. The van der Waals surface area contributed by atoms with Crippen molar-refractivity contribution in [2.45, 2.75) is 39.3 Å². The minimum Gasteiger partial charge on any atom is -0.288 e. The quantitative estimate of drug-likeness (QED) is 0.396. The van der Waals surface area contributed by atoms with Gasteiger partial charge < -0.3 is 0 Å². The Kier molecular flexibility index (Phi) is 5.00. The second kappa shape index (κ2) is 8.07. The Labute approximate surface area is 233 Å². The maximum atomic E-state index is 5.39. The van der Waals surface area contributed by atoms with Crippen LogP contribution in [0.4, 0.5) is 17.1 Å². The van der Waals surface area contributed by atoms with E-state index >= 15 is 0 Å². The van der Waals surface area contributed by atoms with Crippen LogP contribution in [0.5, 0.6) is 0 Å². The molecule has 12 heteroatoms. The van der Waals surface area contributed by atoms with Gasteiger partial charge in [0.2, 0.25) is 17.9 Å². The summed E-state index contributed by atoms with van der Waals surface area (Å²) >= 11 is 0. The standard InChI is InChI=1S/C27H33N9Si3/c1-37(2)31-25(28-34(37)22-16-10-7-11-17-22)32-27(30-36(38(32,3)4)24-20-14-9-15-21-24)33-26(31)29-35(39(33,5)6)23-18-12-8-13-19-23/h7-21H,1-6H3. The lowest BCUT2D eigenvalue weighted by atomic mass is 10.3. The molecule has 0 radical (unpaired) electrons. The zero-order valence-corrected chi connectivity index (χ0v) is 26.2. The van der Waals surface area contributed by atoms with Gasteiger partial charge in [0.15, 0.2) is 0 Å². The summed E-state index contributed by atoms with van der Waals surface area (Å²) in [5.74, 6) is 2.83. The summed E-state index contributed by atoms with van der Waals surface area (Å²) in [5.41, 5.74) is 3.32. The molecule has 0 unspecified atom stereocenters. The molecule has 1 saturated heterocycles. The number of anilines is 3. The molecule has 0 N–H and O–H groups in total. The largest absolute Gasteiger partial charge is 0.292 e.